The van der Waals surface area contributed by atoms with Gasteiger partial charge in [-0.1, -0.05) is 0 Å². The minimum absolute atomic E-state index is 0.0685. The number of nitrogens with zero attached hydrogens (tertiary/aromatic N) is 4. The lowest BCUT2D eigenvalue weighted by Gasteiger charge is -2.29. The van der Waals surface area contributed by atoms with Gasteiger partial charge in [0.05, 0.1) is 17.3 Å². The highest BCUT2D eigenvalue weighted by Crippen LogP contribution is 2.23. The van der Waals surface area contributed by atoms with Gasteiger partial charge in [0, 0.05) is 44.1 Å². The molecule has 182 valence electrons. The van der Waals surface area contributed by atoms with Crippen molar-refractivity contribution in [3.63, 3.8) is 0 Å². The summed E-state index contributed by atoms with van der Waals surface area (Å²) in [4.78, 5) is 15.1. The number of nitrogens with two attached hydrogens (primary N) is 1. The molecule has 1 aromatic carbocycles. The Bertz CT molecular complexity index is 1120. The molecule has 2 saturated heterocycles. The highest BCUT2D eigenvalue weighted by molar-refractivity contribution is 7.80. The van der Waals surface area contributed by atoms with Gasteiger partial charge >= 0.3 is 0 Å². The van der Waals surface area contributed by atoms with Crippen LogP contribution in [0.2, 0.25) is 0 Å². The van der Waals surface area contributed by atoms with Gasteiger partial charge in [-0.25, -0.2) is 26.9 Å². The summed E-state index contributed by atoms with van der Waals surface area (Å²) in [5.41, 5.74) is 2.56. The Balaban J connectivity index is 0.000000291. The van der Waals surface area contributed by atoms with Crippen LogP contribution >= 0.6 is 0 Å². The summed E-state index contributed by atoms with van der Waals surface area (Å²) in [5.74, 6) is -0.927. The number of nitrogens with one attached hydrogen (secondary N) is 1. The van der Waals surface area contributed by atoms with Gasteiger partial charge in [-0.3, -0.25) is 4.79 Å². The number of pyridine rings is 1. The summed E-state index contributed by atoms with van der Waals surface area (Å²) >= 11 is -1.43. The average Bonchev–Trinajstić information content (AvgIpc) is 3.51. The van der Waals surface area contributed by atoms with Crippen LogP contribution in [0.3, 0.4) is 0 Å². The Kier molecular flexibility index (Phi) is 7.86. The van der Waals surface area contributed by atoms with E-state index in [9.17, 15) is 17.8 Å². The van der Waals surface area contributed by atoms with Crippen molar-refractivity contribution in [3.05, 3.63) is 66.0 Å². The summed E-state index contributed by atoms with van der Waals surface area (Å²) in [6.45, 7) is 3.38. The molecule has 5 rings (SSSR count). The highest BCUT2D eigenvalue weighted by Gasteiger charge is 2.24. The lowest BCUT2D eigenvalue weighted by Crippen LogP contribution is -2.46. The maximum Gasteiger partial charge on any atom is 0.255 e. The molecule has 1 atom stereocenters. The number of carbonyl (C=O) groups is 1. The Morgan fingerprint density at radius 3 is 2.24 bits per heavy atom. The Morgan fingerprint density at radius 1 is 1.03 bits per heavy atom. The number of hydrogen-bond acceptors (Lipinski definition) is 4. The molecule has 8 nitrogen and oxygen atoms in total. The molecule has 2 aliphatic heterocycles. The number of halogens is 2. The van der Waals surface area contributed by atoms with Crippen LogP contribution in [0.1, 0.15) is 36.0 Å². The number of rotatable bonds is 4. The fraction of sp³-hybridized carbons (Fsp3) is 0.391. The first kappa shape index (κ1) is 24.2. The Labute approximate surface area is 199 Å². The molecule has 11 heteroatoms. The van der Waals surface area contributed by atoms with Gasteiger partial charge < -0.3 is 10.2 Å². The van der Waals surface area contributed by atoms with E-state index in [1.54, 1.807) is 15.0 Å². The molecular formula is C23H28F2N6O2S. The van der Waals surface area contributed by atoms with Crippen molar-refractivity contribution >= 4 is 28.3 Å². The van der Waals surface area contributed by atoms with Crippen LogP contribution in [0, 0.1) is 11.6 Å². The molecule has 3 aromatic rings. The van der Waals surface area contributed by atoms with Crippen molar-refractivity contribution in [1.29, 1.82) is 0 Å². The summed E-state index contributed by atoms with van der Waals surface area (Å²) in [5, 5.41) is 12.8. The maximum absolute atomic E-state index is 12.8. The predicted molar refractivity (Wildman–Crippen MR) is 127 cm³/mol. The molecule has 34 heavy (non-hydrogen) atoms. The molecule has 0 saturated carbocycles. The van der Waals surface area contributed by atoms with Crippen molar-refractivity contribution in [3.8, 4) is 0 Å². The lowest BCUT2D eigenvalue weighted by molar-refractivity contribution is 0.0926. The first-order valence-corrected chi connectivity index (χ1v) is 12.4. The van der Waals surface area contributed by atoms with E-state index in [0.717, 1.165) is 61.4 Å². The van der Waals surface area contributed by atoms with Crippen molar-refractivity contribution in [1.82, 2.24) is 19.2 Å². The summed E-state index contributed by atoms with van der Waals surface area (Å²) in [7, 11) is 0. The maximum atomic E-state index is 12.8. The van der Waals surface area contributed by atoms with Crippen LogP contribution in [0.25, 0.3) is 5.52 Å². The number of hydrogen-bond donors (Lipinski definition) is 2. The van der Waals surface area contributed by atoms with E-state index in [0.29, 0.717) is 18.7 Å². The third-order valence-corrected chi connectivity index (χ3v) is 6.94. The number of benzene rings is 1. The number of aromatic nitrogens is 2. The standard InChI is InChI=1S/C17H24N6O2S.C6H4F2/c18-26(25)22-8-3-13(4-9-22)20-17(24)15-12-19-23-10-5-14(11-16(15)23)21-6-1-2-7-21;7-5-1-2-6(8)4-3-5/h5,10-13H,1-4,6-9,18H2,(H,20,24);1-4H. The minimum atomic E-state index is -1.43. The quantitative estimate of drug-likeness (QED) is 0.588. The molecule has 3 N–H and O–H groups in total. The summed E-state index contributed by atoms with van der Waals surface area (Å²) < 4.78 is 38.6. The number of carbonyl (C=O) groups excluding carboxylic acids is 1. The smallest absolute Gasteiger partial charge is 0.255 e. The van der Waals surface area contributed by atoms with Crippen molar-refractivity contribution < 1.29 is 17.8 Å². The van der Waals surface area contributed by atoms with Crippen molar-refractivity contribution in [2.75, 3.05) is 31.1 Å². The zero-order chi connectivity index (χ0) is 24.1. The van der Waals surface area contributed by atoms with Gasteiger partial charge in [-0.15, -0.1) is 0 Å². The monoisotopic (exact) mass is 490 g/mol. The molecule has 0 spiro atoms. The largest absolute Gasteiger partial charge is 0.371 e. The number of anilines is 1. The fourth-order valence-electron chi connectivity index (χ4n) is 4.19. The number of piperidine rings is 1. The second-order valence-electron chi connectivity index (χ2n) is 8.36. The molecule has 0 aliphatic carbocycles. The Morgan fingerprint density at radius 2 is 1.65 bits per heavy atom. The third-order valence-electron chi connectivity index (χ3n) is 6.07. The van der Waals surface area contributed by atoms with Crippen molar-refractivity contribution in [2.45, 2.75) is 31.7 Å². The molecule has 4 heterocycles. The second-order valence-corrected chi connectivity index (χ2v) is 9.43. The van der Waals surface area contributed by atoms with Gasteiger partial charge in [-0.05, 0) is 62.1 Å². The zero-order valence-electron chi connectivity index (χ0n) is 18.7. The first-order chi connectivity index (χ1) is 16.4. The summed E-state index contributed by atoms with van der Waals surface area (Å²) in [6.07, 6.45) is 7.45. The van der Waals surface area contributed by atoms with Gasteiger partial charge in [0.25, 0.3) is 5.91 Å². The topological polar surface area (TPSA) is 96.0 Å². The van der Waals surface area contributed by atoms with Crippen LogP contribution in [0.15, 0.2) is 48.8 Å². The van der Waals surface area contributed by atoms with E-state index in [4.69, 9.17) is 5.14 Å². The number of fused-ring (bicyclic) bond motifs is 1. The van der Waals surface area contributed by atoms with Crippen molar-refractivity contribution in [2.24, 2.45) is 5.14 Å². The van der Waals surface area contributed by atoms with E-state index in [2.05, 4.69) is 21.4 Å². The molecule has 2 aromatic heterocycles. The van der Waals surface area contributed by atoms with Crippen LogP contribution in [0.4, 0.5) is 14.5 Å². The average molecular weight is 491 g/mol. The van der Waals surface area contributed by atoms with Gasteiger partial charge in [0.15, 0.2) is 11.2 Å². The SMILES string of the molecule is Fc1ccc(F)cc1.NS(=O)N1CCC(NC(=O)c2cnn3ccc(N4CCCC4)cc23)CC1. The first-order valence-electron chi connectivity index (χ1n) is 11.3. The number of amides is 1. The van der Waals surface area contributed by atoms with Crippen LogP contribution in [0.5, 0.6) is 0 Å². The molecular weight excluding hydrogens is 462 g/mol. The molecule has 0 bridgehead atoms. The van der Waals surface area contributed by atoms with Crippen LogP contribution < -0.4 is 15.4 Å². The van der Waals surface area contributed by atoms with E-state index in [-0.39, 0.29) is 11.9 Å². The fourth-order valence-corrected chi connectivity index (χ4v) is 4.76. The van der Waals surface area contributed by atoms with E-state index < -0.39 is 22.8 Å². The Hall–Kier alpha value is -2.89. The van der Waals surface area contributed by atoms with E-state index in [1.165, 1.54) is 12.8 Å². The normalized spacial score (nSPS) is 17.9. The molecule has 0 radical (unpaired) electrons. The molecule has 1 amide bonds. The third kappa shape index (κ3) is 5.96. The van der Waals surface area contributed by atoms with E-state index in [1.807, 2.05) is 12.3 Å². The highest BCUT2D eigenvalue weighted by atomic mass is 32.2. The predicted octanol–water partition coefficient (Wildman–Crippen LogP) is 2.63. The second kappa shape index (κ2) is 11.0. The van der Waals surface area contributed by atoms with Crippen LogP contribution in [-0.2, 0) is 11.2 Å². The van der Waals surface area contributed by atoms with E-state index >= 15 is 0 Å². The zero-order valence-corrected chi connectivity index (χ0v) is 19.5. The van der Waals surface area contributed by atoms with Gasteiger partial charge in [-0.2, -0.15) is 5.10 Å². The van der Waals surface area contributed by atoms with Gasteiger partial charge in [0.2, 0.25) is 0 Å². The molecule has 2 aliphatic rings. The van der Waals surface area contributed by atoms with Gasteiger partial charge in [0.1, 0.15) is 11.6 Å². The molecule has 2 fully saturated rings. The molecule has 1 unspecified atom stereocenters. The minimum Gasteiger partial charge on any atom is -0.371 e. The van der Waals surface area contributed by atoms with Crippen LogP contribution in [-0.4, -0.2) is 56.3 Å². The lowest BCUT2D eigenvalue weighted by atomic mass is 10.1. The summed E-state index contributed by atoms with van der Waals surface area (Å²) in [6, 6.07) is 8.48.